The van der Waals surface area contributed by atoms with Crippen molar-refractivity contribution in [3.05, 3.63) is 29.8 Å². The molecular weight excluding hydrogens is 272 g/mol. The molecule has 0 atom stereocenters. The lowest BCUT2D eigenvalue weighted by molar-refractivity contribution is 0.375. The maximum Gasteiger partial charge on any atom is 0.243 e. The fraction of sp³-hybridized carbons (Fsp3) is 0.600. The molecular formula is C15H24N2O2S. The van der Waals surface area contributed by atoms with Gasteiger partial charge in [0.1, 0.15) is 0 Å². The van der Waals surface area contributed by atoms with Crippen molar-refractivity contribution in [3.63, 3.8) is 0 Å². The zero-order valence-corrected chi connectivity index (χ0v) is 13.1. The van der Waals surface area contributed by atoms with Gasteiger partial charge < -0.3 is 5.73 Å². The Morgan fingerprint density at radius 1 is 1.25 bits per heavy atom. The molecule has 2 N–H and O–H groups in total. The molecule has 0 aliphatic carbocycles. The van der Waals surface area contributed by atoms with Gasteiger partial charge in [0.2, 0.25) is 10.0 Å². The van der Waals surface area contributed by atoms with E-state index in [0.717, 1.165) is 24.8 Å². The zero-order chi connectivity index (χ0) is 14.8. The Morgan fingerprint density at radius 3 is 2.40 bits per heavy atom. The van der Waals surface area contributed by atoms with Crippen LogP contribution in [-0.2, 0) is 16.4 Å². The average Bonchev–Trinajstić information content (AvgIpc) is 2.78. The third-order valence-electron chi connectivity index (χ3n) is 3.87. The summed E-state index contributed by atoms with van der Waals surface area (Å²) in [5, 5.41) is 0. The van der Waals surface area contributed by atoms with E-state index in [1.807, 2.05) is 12.1 Å². The first kappa shape index (κ1) is 15.5. The lowest BCUT2D eigenvalue weighted by Gasteiger charge is -2.19. The Labute approximate surface area is 122 Å². The number of rotatable bonds is 5. The highest BCUT2D eigenvalue weighted by Crippen LogP contribution is 2.32. The summed E-state index contributed by atoms with van der Waals surface area (Å²) in [4.78, 5) is 0.395. The van der Waals surface area contributed by atoms with Gasteiger partial charge in [-0.1, -0.05) is 26.0 Å². The first-order valence-corrected chi connectivity index (χ1v) is 8.58. The Balaban J connectivity index is 2.14. The van der Waals surface area contributed by atoms with Crippen LogP contribution in [0.2, 0.25) is 0 Å². The van der Waals surface area contributed by atoms with Crippen molar-refractivity contribution in [1.29, 1.82) is 0 Å². The van der Waals surface area contributed by atoms with Crippen molar-refractivity contribution in [2.45, 2.75) is 38.0 Å². The van der Waals surface area contributed by atoms with Gasteiger partial charge in [-0.15, -0.1) is 0 Å². The van der Waals surface area contributed by atoms with Crippen molar-refractivity contribution in [2.75, 3.05) is 19.6 Å². The smallest absolute Gasteiger partial charge is 0.243 e. The largest absolute Gasteiger partial charge is 0.330 e. The van der Waals surface area contributed by atoms with Crippen LogP contribution in [0, 0.1) is 5.41 Å². The van der Waals surface area contributed by atoms with E-state index in [1.54, 1.807) is 16.4 Å². The summed E-state index contributed by atoms with van der Waals surface area (Å²) in [5.74, 6) is 0. The number of nitrogens with zero attached hydrogens (tertiary/aromatic N) is 1. The summed E-state index contributed by atoms with van der Waals surface area (Å²) in [6.45, 7) is 6.09. The molecule has 112 valence electrons. The summed E-state index contributed by atoms with van der Waals surface area (Å²) in [5.41, 5.74) is 6.69. The molecule has 1 aliphatic heterocycles. The number of nitrogens with two attached hydrogens (primary N) is 1. The minimum atomic E-state index is -3.34. The molecule has 1 heterocycles. The van der Waals surface area contributed by atoms with Crippen molar-refractivity contribution < 1.29 is 8.42 Å². The molecule has 1 aromatic carbocycles. The second kappa shape index (κ2) is 5.84. The van der Waals surface area contributed by atoms with Crippen LogP contribution in [0.15, 0.2) is 29.2 Å². The summed E-state index contributed by atoms with van der Waals surface area (Å²) >= 11 is 0. The zero-order valence-electron chi connectivity index (χ0n) is 12.3. The highest BCUT2D eigenvalue weighted by atomic mass is 32.2. The molecule has 1 fully saturated rings. The average molecular weight is 296 g/mol. The molecule has 0 spiro atoms. The van der Waals surface area contributed by atoms with Crippen molar-refractivity contribution >= 4 is 10.0 Å². The first-order valence-electron chi connectivity index (χ1n) is 7.14. The van der Waals surface area contributed by atoms with Crippen LogP contribution in [0.5, 0.6) is 0 Å². The molecule has 0 aromatic heterocycles. The second-order valence-corrected chi connectivity index (χ2v) is 8.23. The molecule has 0 radical (unpaired) electrons. The van der Waals surface area contributed by atoms with Crippen molar-refractivity contribution in [2.24, 2.45) is 11.1 Å². The number of aryl methyl sites for hydroxylation is 1. The third-order valence-corrected chi connectivity index (χ3v) is 5.73. The molecule has 1 saturated heterocycles. The van der Waals surface area contributed by atoms with Gasteiger partial charge in [0.25, 0.3) is 0 Å². The maximum absolute atomic E-state index is 12.6. The van der Waals surface area contributed by atoms with Gasteiger partial charge in [-0.25, -0.2) is 8.42 Å². The summed E-state index contributed by atoms with van der Waals surface area (Å²) in [6, 6.07) is 7.21. The van der Waals surface area contributed by atoms with Crippen LogP contribution in [-0.4, -0.2) is 32.4 Å². The van der Waals surface area contributed by atoms with E-state index < -0.39 is 10.0 Å². The number of benzene rings is 1. The van der Waals surface area contributed by atoms with E-state index in [2.05, 4.69) is 13.8 Å². The molecule has 20 heavy (non-hydrogen) atoms. The predicted octanol–water partition coefficient (Wildman–Crippen LogP) is 2.00. The highest BCUT2D eigenvalue weighted by Gasteiger charge is 2.36. The standard InChI is InChI=1S/C15H24N2O2S/c1-15(2)9-11-17(12-15)20(18,19)14-7-5-13(6-8-14)4-3-10-16/h5-8H,3-4,9-12,16H2,1-2H3. The predicted molar refractivity (Wildman–Crippen MR) is 81.0 cm³/mol. The van der Waals surface area contributed by atoms with Gasteiger partial charge in [0.15, 0.2) is 0 Å². The third kappa shape index (κ3) is 3.40. The van der Waals surface area contributed by atoms with Gasteiger partial charge in [0.05, 0.1) is 4.90 Å². The van der Waals surface area contributed by atoms with E-state index in [1.165, 1.54) is 0 Å². The quantitative estimate of drug-likeness (QED) is 0.904. The Hall–Kier alpha value is -0.910. The number of hydrogen-bond acceptors (Lipinski definition) is 3. The molecule has 0 amide bonds. The summed E-state index contributed by atoms with van der Waals surface area (Å²) in [7, 11) is -3.34. The van der Waals surface area contributed by atoms with Crippen molar-refractivity contribution in [1.82, 2.24) is 4.31 Å². The topological polar surface area (TPSA) is 63.4 Å². The lowest BCUT2D eigenvalue weighted by Crippen LogP contribution is -2.30. The van der Waals surface area contributed by atoms with Crippen LogP contribution >= 0.6 is 0 Å². The van der Waals surface area contributed by atoms with E-state index in [9.17, 15) is 8.42 Å². The molecule has 1 aliphatic rings. The summed E-state index contributed by atoms with van der Waals surface area (Å²) in [6.07, 6.45) is 2.74. The summed E-state index contributed by atoms with van der Waals surface area (Å²) < 4.78 is 26.7. The monoisotopic (exact) mass is 296 g/mol. The van der Waals surface area contributed by atoms with Crippen LogP contribution in [0.25, 0.3) is 0 Å². The fourth-order valence-corrected chi connectivity index (χ4v) is 4.18. The van der Waals surface area contributed by atoms with Gasteiger partial charge in [-0.2, -0.15) is 4.31 Å². The Bertz CT molecular complexity index is 550. The normalized spacial score (nSPS) is 19.4. The molecule has 0 bridgehead atoms. The van der Waals surface area contributed by atoms with Crippen LogP contribution in [0.1, 0.15) is 32.3 Å². The second-order valence-electron chi connectivity index (χ2n) is 6.29. The van der Waals surface area contributed by atoms with Crippen LogP contribution in [0.3, 0.4) is 0 Å². The lowest BCUT2D eigenvalue weighted by atomic mass is 9.93. The fourth-order valence-electron chi connectivity index (χ4n) is 2.55. The minimum Gasteiger partial charge on any atom is -0.330 e. The molecule has 1 aromatic rings. The van der Waals surface area contributed by atoms with Crippen LogP contribution in [0.4, 0.5) is 0 Å². The van der Waals surface area contributed by atoms with Gasteiger partial charge in [-0.05, 0) is 48.9 Å². The maximum atomic E-state index is 12.6. The van der Waals surface area contributed by atoms with Crippen molar-refractivity contribution in [3.8, 4) is 0 Å². The van der Waals surface area contributed by atoms with Gasteiger partial charge >= 0.3 is 0 Å². The van der Waals surface area contributed by atoms with E-state index in [4.69, 9.17) is 5.73 Å². The SMILES string of the molecule is CC1(C)CCN(S(=O)(=O)c2ccc(CCCN)cc2)C1. The Kier molecular flexibility index (Phi) is 4.52. The van der Waals surface area contributed by atoms with Gasteiger partial charge in [-0.3, -0.25) is 0 Å². The number of hydrogen-bond donors (Lipinski definition) is 1. The van der Waals surface area contributed by atoms with Gasteiger partial charge in [0, 0.05) is 13.1 Å². The molecule has 5 heteroatoms. The minimum absolute atomic E-state index is 0.0775. The molecule has 0 saturated carbocycles. The first-order chi connectivity index (χ1) is 9.35. The molecule has 4 nitrogen and oxygen atoms in total. The Morgan fingerprint density at radius 2 is 1.90 bits per heavy atom. The molecule has 2 rings (SSSR count). The van der Waals surface area contributed by atoms with Crippen LogP contribution < -0.4 is 5.73 Å². The van der Waals surface area contributed by atoms with E-state index in [-0.39, 0.29) is 5.41 Å². The van der Waals surface area contributed by atoms with E-state index in [0.29, 0.717) is 24.5 Å². The highest BCUT2D eigenvalue weighted by molar-refractivity contribution is 7.89. The van der Waals surface area contributed by atoms with E-state index >= 15 is 0 Å². The molecule has 0 unspecified atom stereocenters. The number of sulfonamides is 1.